The normalized spacial score (nSPS) is 12.9. The standard InChI is InChI=1S/C8H11NO2/c1-3-4-7(10)8-5-6(2)9-11-8/h3,5,7,10H,1,4H2,2H3/t7-/m0/s1. The van der Waals surface area contributed by atoms with Gasteiger partial charge in [0.1, 0.15) is 6.10 Å². The molecule has 0 radical (unpaired) electrons. The van der Waals surface area contributed by atoms with Crippen LogP contribution in [0.25, 0.3) is 0 Å². The van der Waals surface area contributed by atoms with E-state index in [1.54, 1.807) is 12.1 Å². The molecule has 1 atom stereocenters. The van der Waals surface area contributed by atoms with E-state index in [2.05, 4.69) is 11.7 Å². The Morgan fingerprint density at radius 3 is 3.09 bits per heavy atom. The third-order valence-corrected chi connectivity index (χ3v) is 1.36. The van der Waals surface area contributed by atoms with Crippen LogP contribution in [0.3, 0.4) is 0 Å². The van der Waals surface area contributed by atoms with Crippen LogP contribution >= 0.6 is 0 Å². The summed E-state index contributed by atoms with van der Waals surface area (Å²) in [6, 6.07) is 1.72. The Bertz CT molecular complexity index is 242. The van der Waals surface area contributed by atoms with E-state index in [1.165, 1.54) is 0 Å². The van der Waals surface area contributed by atoms with E-state index in [9.17, 15) is 5.11 Å². The Balaban J connectivity index is 2.67. The SMILES string of the molecule is C=CC[C@H](O)c1cc(C)no1. The van der Waals surface area contributed by atoms with Gasteiger partial charge in [-0.2, -0.15) is 0 Å². The summed E-state index contributed by atoms with van der Waals surface area (Å²) < 4.78 is 4.83. The van der Waals surface area contributed by atoms with Crippen LogP contribution in [0.1, 0.15) is 24.0 Å². The van der Waals surface area contributed by atoms with E-state index in [4.69, 9.17) is 4.52 Å². The summed E-state index contributed by atoms with van der Waals surface area (Å²) >= 11 is 0. The van der Waals surface area contributed by atoms with Crippen molar-refractivity contribution < 1.29 is 9.63 Å². The molecule has 1 aromatic rings. The van der Waals surface area contributed by atoms with Crippen LogP contribution in [0.2, 0.25) is 0 Å². The number of nitrogens with zero attached hydrogens (tertiary/aromatic N) is 1. The molecule has 0 saturated heterocycles. The first-order valence-electron chi connectivity index (χ1n) is 3.46. The van der Waals surface area contributed by atoms with Gasteiger partial charge in [-0.25, -0.2) is 0 Å². The van der Waals surface area contributed by atoms with Crippen LogP contribution in [-0.4, -0.2) is 10.3 Å². The molecule has 0 amide bonds. The second-order valence-electron chi connectivity index (χ2n) is 2.41. The van der Waals surface area contributed by atoms with Gasteiger partial charge in [-0.3, -0.25) is 0 Å². The van der Waals surface area contributed by atoms with Crippen LogP contribution in [-0.2, 0) is 0 Å². The van der Waals surface area contributed by atoms with Crippen molar-refractivity contribution in [1.82, 2.24) is 5.16 Å². The lowest BCUT2D eigenvalue weighted by atomic mass is 10.2. The fourth-order valence-electron chi connectivity index (χ4n) is 0.814. The molecular formula is C8H11NO2. The van der Waals surface area contributed by atoms with Gasteiger partial charge >= 0.3 is 0 Å². The third-order valence-electron chi connectivity index (χ3n) is 1.36. The Hall–Kier alpha value is -1.09. The maximum absolute atomic E-state index is 9.33. The summed E-state index contributed by atoms with van der Waals surface area (Å²) in [4.78, 5) is 0. The average molecular weight is 153 g/mol. The fraction of sp³-hybridized carbons (Fsp3) is 0.375. The minimum absolute atomic E-state index is 0.495. The van der Waals surface area contributed by atoms with Gasteiger partial charge in [0.05, 0.1) is 5.69 Å². The lowest BCUT2D eigenvalue weighted by Crippen LogP contribution is -1.92. The van der Waals surface area contributed by atoms with Crippen molar-refractivity contribution in [3.8, 4) is 0 Å². The molecule has 0 aliphatic carbocycles. The first kappa shape index (κ1) is 8.01. The molecule has 0 unspecified atom stereocenters. The average Bonchev–Trinajstić information content (AvgIpc) is 2.36. The molecule has 1 heterocycles. The Morgan fingerprint density at radius 1 is 1.91 bits per heavy atom. The van der Waals surface area contributed by atoms with Crippen molar-refractivity contribution in [2.24, 2.45) is 0 Å². The lowest BCUT2D eigenvalue weighted by Gasteiger charge is -2.00. The van der Waals surface area contributed by atoms with Gasteiger partial charge in [0.2, 0.25) is 0 Å². The minimum atomic E-state index is -0.603. The molecule has 1 rings (SSSR count). The monoisotopic (exact) mass is 153 g/mol. The highest BCUT2D eigenvalue weighted by atomic mass is 16.5. The lowest BCUT2D eigenvalue weighted by molar-refractivity contribution is 0.142. The zero-order chi connectivity index (χ0) is 8.27. The smallest absolute Gasteiger partial charge is 0.165 e. The number of hydrogen-bond acceptors (Lipinski definition) is 3. The predicted molar refractivity (Wildman–Crippen MR) is 41.0 cm³/mol. The number of aryl methyl sites for hydroxylation is 1. The van der Waals surface area contributed by atoms with E-state index < -0.39 is 6.10 Å². The van der Waals surface area contributed by atoms with Crippen LogP contribution in [0.15, 0.2) is 23.2 Å². The summed E-state index contributed by atoms with van der Waals surface area (Å²) in [6.45, 7) is 5.32. The molecule has 0 aliphatic rings. The molecule has 0 saturated carbocycles. The van der Waals surface area contributed by atoms with E-state index in [-0.39, 0.29) is 0 Å². The number of rotatable bonds is 3. The summed E-state index contributed by atoms with van der Waals surface area (Å²) in [5, 5.41) is 13.0. The molecule has 0 spiro atoms. The van der Waals surface area contributed by atoms with Crippen molar-refractivity contribution >= 4 is 0 Å². The van der Waals surface area contributed by atoms with E-state index in [0.717, 1.165) is 5.69 Å². The quantitative estimate of drug-likeness (QED) is 0.671. The van der Waals surface area contributed by atoms with Gasteiger partial charge < -0.3 is 9.63 Å². The first-order chi connectivity index (χ1) is 5.24. The van der Waals surface area contributed by atoms with Gasteiger partial charge in [0.15, 0.2) is 5.76 Å². The number of aliphatic hydroxyl groups is 1. The van der Waals surface area contributed by atoms with Crippen molar-refractivity contribution in [3.63, 3.8) is 0 Å². The van der Waals surface area contributed by atoms with E-state index >= 15 is 0 Å². The highest BCUT2D eigenvalue weighted by Crippen LogP contribution is 2.16. The van der Waals surface area contributed by atoms with Gasteiger partial charge in [0.25, 0.3) is 0 Å². The summed E-state index contributed by atoms with van der Waals surface area (Å²) in [5.41, 5.74) is 0.781. The Morgan fingerprint density at radius 2 is 2.64 bits per heavy atom. The summed E-state index contributed by atoms with van der Waals surface area (Å²) in [7, 11) is 0. The number of aromatic nitrogens is 1. The first-order valence-corrected chi connectivity index (χ1v) is 3.46. The van der Waals surface area contributed by atoms with Crippen LogP contribution in [0, 0.1) is 6.92 Å². The Kier molecular flexibility index (Phi) is 2.44. The molecule has 0 bridgehead atoms. The second-order valence-corrected chi connectivity index (χ2v) is 2.41. The molecule has 3 heteroatoms. The van der Waals surface area contributed by atoms with Gasteiger partial charge in [-0.15, -0.1) is 6.58 Å². The minimum Gasteiger partial charge on any atom is -0.385 e. The molecule has 60 valence electrons. The van der Waals surface area contributed by atoms with Crippen LogP contribution in [0.5, 0.6) is 0 Å². The highest BCUT2D eigenvalue weighted by Gasteiger charge is 2.09. The predicted octanol–water partition coefficient (Wildman–Crippen LogP) is 1.59. The van der Waals surface area contributed by atoms with Crippen molar-refractivity contribution in [3.05, 3.63) is 30.2 Å². The zero-order valence-corrected chi connectivity index (χ0v) is 6.45. The molecule has 11 heavy (non-hydrogen) atoms. The van der Waals surface area contributed by atoms with E-state index in [1.807, 2.05) is 6.92 Å². The van der Waals surface area contributed by atoms with Crippen molar-refractivity contribution in [1.29, 1.82) is 0 Å². The topological polar surface area (TPSA) is 46.3 Å². The number of aliphatic hydroxyl groups excluding tert-OH is 1. The molecule has 3 nitrogen and oxygen atoms in total. The largest absolute Gasteiger partial charge is 0.385 e. The maximum atomic E-state index is 9.33. The van der Waals surface area contributed by atoms with Crippen LogP contribution in [0.4, 0.5) is 0 Å². The zero-order valence-electron chi connectivity index (χ0n) is 6.45. The second kappa shape index (κ2) is 3.34. The van der Waals surface area contributed by atoms with Crippen molar-refractivity contribution in [2.75, 3.05) is 0 Å². The molecule has 0 aromatic carbocycles. The molecule has 1 N–H and O–H groups in total. The maximum Gasteiger partial charge on any atom is 0.165 e. The summed E-state index contributed by atoms with van der Waals surface area (Å²) in [5.74, 6) is 0.502. The molecular weight excluding hydrogens is 142 g/mol. The Labute approximate surface area is 65.3 Å². The molecule has 0 fully saturated rings. The van der Waals surface area contributed by atoms with Gasteiger partial charge in [-0.05, 0) is 13.3 Å². The van der Waals surface area contributed by atoms with Gasteiger partial charge in [0, 0.05) is 6.07 Å². The third kappa shape index (κ3) is 1.91. The van der Waals surface area contributed by atoms with Crippen LogP contribution < -0.4 is 0 Å². The fourth-order valence-corrected chi connectivity index (χ4v) is 0.814. The molecule has 0 aliphatic heterocycles. The molecule has 1 aromatic heterocycles. The van der Waals surface area contributed by atoms with Crippen molar-refractivity contribution in [2.45, 2.75) is 19.4 Å². The van der Waals surface area contributed by atoms with Gasteiger partial charge in [-0.1, -0.05) is 11.2 Å². The highest BCUT2D eigenvalue weighted by molar-refractivity contribution is 5.06. The number of hydrogen-bond donors (Lipinski definition) is 1. The summed E-state index contributed by atoms with van der Waals surface area (Å²) in [6.07, 6.45) is 1.53. The van der Waals surface area contributed by atoms with E-state index in [0.29, 0.717) is 12.2 Å².